The number of carbonyl (C=O) groups is 1. The molecule has 1 aromatic rings. The van der Waals surface area contributed by atoms with Crippen molar-refractivity contribution >= 4 is 5.97 Å². The summed E-state index contributed by atoms with van der Waals surface area (Å²) in [5.41, 5.74) is 1.15. The van der Waals surface area contributed by atoms with Crippen molar-refractivity contribution in [3.63, 3.8) is 0 Å². The Hall–Kier alpha value is -1.39. The lowest BCUT2D eigenvalue weighted by Gasteiger charge is -2.31. The van der Waals surface area contributed by atoms with Gasteiger partial charge in [0.1, 0.15) is 6.10 Å². The van der Waals surface area contributed by atoms with Crippen molar-refractivity contribution in [1.29, 1.82) is 0 Å². The third-order valence-electron chi connectivity index (χ3n) is 4.25. The Kier molecular flexibility index (Phi) is 4.03. The second kappa shape index (κ2) is 5.94. The number of carbonyl (C=O) groups excluding carboxylic acids is 1. The van der Waals surface area contributed by atoms with Crippen molar-refractivity contribution in [3.05, 3.63) is 35.9 Å². The monoisotopic (exact) mass is 276 g/mol. The van der Waals surface area contributed by atoms with E-state index >= 15 is 0 Å². The maximum Gasteiger partial charge on any atom is 0.306 e. The summed E-state index contributed by atoms with van der Waals surface area (Å²) in [7, 11) is 0. The molecular formula is C16H20O4. The van der Waals surface area contributed by atoms with Crippen molar-refractivity contribution in [2.45, 2.75) is 32.2 Å². The van der Waals surface area contributed by atoms with Crippen molar-refractivity contribution in [2.75, 3.05) is 13.2 Å². The predicted molar refractivity (Wildman–Crippen MR) is 73.0 cm³/mol. The van der Waals surface area contributed by atoms with Gasteiger partial charge < -0.3 is 14.2 Å². The number of esters is 1. The fourth-order valence-electron chi connectivity index (χ4n) is 3.10. The molecular weight excluding hydrogens is 256 g/mol. The molecule has 0 aromatic heterocycles. The first-order chi connectivity index (χ1) is 9.74. The Bertz CT molecular complexity index is 459. The molecule has 2 fully saturated rings. The minimum absolute atomic E-state index is 0.0130. The lowest BCUT2D eigenvalue weighted by Crippen LogP contribution is -2.39. The van der Waals surface area contributed by atoms with E-state index < -0.39 is 0 Å². The van der Waals surface area contributed by atoms with Crippen LogP contribution in [0.4, 0.5) is 0 Å². The van der Waals surface area contributed by atoms with Crippen LogP contribution in [0.2, 0.25) is 0 Å². The van der Waals surface area contributed by atoms with E-state index in [0.717, 1.165) is 5.56 Å². The van der Waals surface area contributed by atoms with Gasteiger partial charge in [-0.3, -0.25) is 4.79 Å². The summed E-state index contributed by atoms with van der Waals surface area (Å²) in [6, 6.07) is 10.1. The van der Waals surface area contributed by atoms with E-state index in [0.29, 0.717) is 32.2 Å². The Balaban J connectivity index is 1.52. The van der Waals surface area contributed by atoms with E-state index in [1.165, 1.54) is 0 Å². The molecule has 0 N–H and O–H groups in total. The fourth-order valence-corrected chi connectivity index (χ4v) is 3.10. The van der Waals surface area contributed by atoms with Crippen LogP contribution >= 0.6 is 0 Å². The summed E-state index contributed by atoms with van der Waals surface area (Å²) in [6.45, 7) is 3.73. The van der Waals surface area contributed by atoms with Gasteiger partial charge in [0.2, 0.25) is 0 Å². The molecule has 1 aromatic carbocycles. The van der Waals surface area contributed by atoms with Crippen LogP contribution in [0.15, 0.2) is 30.3 Å². The van der Waals surface area contributed by atoms with Crippen molar-refractivity contribution in [2.24, 2.45) is 11.8 Å². The fraction of sp³-hybridized carbons (Fsp3) is 0.562. The Morgan fingerprint density at radius 3 is 2.85 bits per heavy atom. The van der Waals surface area contributed by atoms with E-state index in [9.17, 15) is 4.79 Å². The summed E-state index contributed by atoms with van der Waals surface area (Å²) >= 11 is 0. The highest BCUT2D eigenvalue weighted by atomic mass is 16.6. The van der Waals surface area contributed by atoms with Gasteiger partial charge in [-0.1, -0.05) is 30.3 Å². The van der Waals surface area contributed by atoms with Crippen LogP contribution in [-0.2, 0) is 25.6 Å². The lowest BCUT2D eigenvalue weighted by molar-refractivity contribution is -0.160. The highest BCUT2D eigenvalue weighted by Crippen LogP contribution is 2.37. The smallest absolute Gasteiger partial charge is 0.306 e. The third-order valence-corrected chi connectivity index (χ3v) is 4.25. The highest BCUT2D eigenvalue weighted by molar-refractivity contribution is 5.71. The van der Waals surface area contributed by atoms with Crippen molar-refractivity contribution in [1.82, 2.24) is 0 Å². The average molecular weight is 276 g/mol. The van der Waals surface area contributed by atoms with Gasteiger partial charge >= 0.3 is 5.97 Å². The van der Waals surface area contributed by atoms with Crippen molar-refractivity contribution in [3.8, 4) is 0 Å². The first-order valence-corrected chi connectivity index (χ1v) is 7.17. The van der Waals surface area contributed by atoms with E-state index in [1.807, 2.05) is 37.3 Å². The molecule has 0 spiro atoms. The first-order valence-electron chi connectivity index (χ1n) is 7.17. The SMILES string of the molecule is C[C@@H]1OC(=O)C[C@@H]2[C@H]1CO[C@H]2COCc1ccccc1. The molecule has 0 radical (unpaired) electrons. The molecule has 4 heteroatoms. The molecule has 2 aliphatic rings. The summed E-state index contributed by atoms with van der Waals surface area (Å²) in [5.74, 6) is 0.442. The van der Waals surface area contributed by atoms with Crippen LogP contribution in [0.1, 0.15) is 18.9 Å². The predicted octanol–water partition coefficient (Wildman–Crippen LogP) is 2.17. The summed E-state index contributed by atoms with van der Waals surface area (Å²) < 4.78 is 16.8. The summed E-state index contributed by atoms with van der Waals surface area (Å²) in [6.07, 6.45) is 0.424. The van der Waals surface area contributed by atoms with Gasteiger partial charge in [-0.2, -0.15) is 0 Å². The van der Waals surface area contributed by atoms with Gasteiger partial charge in [0.15, 0.2) is 0 Å². The Labute approximate surface area is 119 Å². The van der Waals surface area contributed by atoms with Crippen molar-refractivity contribution < 1.29 is 19.0 Å². The third kappa shape index (κ3) is 2.86. The van der Waals surface area contributed by atoms with Gasteiger partial charge in [-0.05, 0) is 12.5 Å². The molecule has 0 bridgehead atoms. The van der Waals surface area contributed by atoms with Gasteiger partial charge in [-0.15, -0.1) is 0 Å². The minimum atomic E-state index is -0.114. The topological polar surface area (TPSA) is 44.8 Å². The lowest BCUT2D eigenvalue weighted by atomic mass is 9.83. The van der Waals surface area contributed by atoms with Gasteiger partial charge in [0.05, 0.1) is 32.3 Å². The molecule has 2 saturated heterocycles. The molecule has 108 valence electrons. The van der Waals surface area contributed by atoms with E-state index in [1.54, 1.807) is 0 Å². The number of cyclic esters (lactones) is 1. The van der Waals surface area contributed by atoms with E-state index in [-0.39, 0.29) is 24.1 Å². The largest absolute Gasteiger partial charge is 0.462 e. The number of hydrogen-bond donors (Lipinski definition) is 0. The van der Waals surface area contributed by atoms with E-state index in [2.05, 4.69) is 0 Å². The molecule has 0 unspecified atom stereocenters. The number of fused-ring (bicyclic) bond motifs is 1. The molecule has 4 nitrogen and oxygen atoms in total. The number of ether oxygens (including phenoxy) is 3. The van der Waals surface area contributed by atoms with Crippen LogP contribution in [0.25, 0.3) is 0 Å². The minimum Gasteiger partial charge on any atom is -0.462 e. The van der Waals surface area contributed by atoms with E-state index in [4.69, 9.17) is 14.2 Å². The molecule has 2 heterocycles. The zero-order valence-electron chi connectivity index (χ0n) is 11.7. The molecule has 0 saturated carbocycles. The van der Waals surface area contributed by atoms with Gasteiger partial charge in [-0.25, -0.2) is 0 Å². The number of benzene rings is 1. The molecule has 20 heavy (non-hydrogen) atoms. The van der Waals surface area contributed by atoms with Crippen LogP contribution in [-0.4, -0.2) is 31.4 Å². The molecule has 0 aliphatic carbocycles. The van der Waals surface area contributed by atoms with Crippen LogP contribution in [0.5, 0.6) is 0 Å². The van der Waals surface area contributed by atoms with Crippen LogP contribution in [0.3, 0.4) is 0 Å². The zero-order valence-corrected chi connectivity index (χ0v) is 11.7. The Morgan fingerprint density at radius 2 is 2.05 bits per heavy atom. The van der Waals surface area contributed by atoms with Crippen LogP contribution < -0.4 is 0 Å². The molecule has 4 atom stereocenters. The standard InChI is InChI=1S/C16H20O4/c1-11-14-9-19-15(13(14)7-16(17)20-11)10-18-8-12-5-3-2-4-6-12/h2-6,11,13-15H,7-10H2,1H3/t11-,13+,14-,15-/m0/s1. The van der Waals surface area contributed by atoms with Crippen LogP contribution in [0, 0.1) is 11.8 Å². The summed E-state index contributed by atoms with van der Waals surface area (Å²) in [5, 5.41) is 0. The quantitative estimate of drug-likeness (QED) is 0.791. The number of hydrogen-bond acceptors (Lipinski definition) is 4. The molecule has 2 aliphatic heterocycles. The molecule has 3 rings (SSSR count). The second-order valence-corrected chi connectivity index (χ2v) is 5.60. The molecule has 0 amide bonds. The number of rotatable bonds is 4. The highest BCUT2D eigenvalue weighted by Gasteiger charge is 2.45. The maximum absolute atomic E-state index is 11.5. The second-order valence-electron chi connectivity index (χ2n) is 5.60. The average Bonchev–Trinajstić information content (AvgIpc) is 2.83. The maximum atomic E-state index is 11.5. The first kappa shape index (κ1) is 13.6. The van der Waals surface area contributed by atoms with Gasteiger partial charge in [0.25, 0.3) is 0 Å². The summed E-state index contributed by atoms with van der Waals surface area (Å²) in [4.78, 5) is 11.5. The van der Waals surface area contributed by atoms with Gasteiger partial charge in [0, 0.05) is 11.8 Å². The zero-order chi connectivity index (χ0) is 13.9. The Morgan fingerprint density at radius 1 is 1.25 bits per heavy atom. The normalized spacial score (nSPS) is 32.8.